The van der Waals surface area contributed by atoms with E-state index >= 15 is 0 Å². The van der Waals surface area contributed by atoms with Gasteiger partial charge in [0.05, 0.1) is 20.3 Å². The number of methoxy groups -OCH3 is 1. The van der Waals surface area contributed by atoms with E-state index in [-0.39, 0.29) is 133 Å². The van der Waals surface area contributed by atoms with Crippen LogP contribution in [0.4, 0.5) is 13.2 Å². The van der Waals surface area contributed by atoms with E-state index in [0.29, 0.717) is 87.3 Å². The summed E-state index contributed by atoms with van der Waals surface area (Å²) in [6, 6.07) is 53.5. The lowest BCUT2D eigenvalue weighted by molar-refractivity contribution is -0.120. The van der Waals surface area contributed by atoms with E-state index in [0.717, 1.165) is 108 Å². The van der Waals surface area contributed by atoms with Crippen LogP contribution in [0.5, 0.6) is 23.0 Å². The first-order valence-corrected chi connectivity index (χ1v) is 46.5. The summed E-state index contributed by atoms with van der Waals surface area (Å²) < 4.78 is 59.5. The number of alkyl halides is 2. The molecular formula is C104H123Cl2F3N10O14. The number of halogens is 5. The van der Waals surface area contributed by atoms with Gasteiger partial charge < -0.3 is 70.5 Å². The van der Waals surface area contributed by atoms with Gasteiger partial charge in [-0.15, -0.1) is 0 Å². The molecular weight excluding hydrogens is 1740 g/mol. The highest BCUT2D eigenvalue weighted by Crippen LogP contribution is 2.39. The molecule has 10 aromatic rings. The summed E-state index contributed by atoms with van der Waals surface area (Å²) in [6.45, 7) is 20.8. The molecule has 708 valence electrons. The van der Waals surface area contributed by atoms with Crippen LogP contribution in [0.2, 0.25) is 10.0 Å². The Morgan fingerprint density at radius 3 is 0.985 bits per heavy atom. The van der Waals surface area contributed by atoms with Gasteiger partial charge in [0.2, 0.25) is 29.5 Å². The third-order valence-corrected chi connectivity index (χ3v) is 25.4. The Morgan fingerprint density at radius 2 is 0.677 bits per heavy atom. The predicted octanol–water partition coefficient (Wildman–Crippen LogP) is 17.9. The first-order valence-electron chi connectivity index (χ1n) is 45.8. The van der Waals surface area contributed by atoms with E-state index in [2.05, 4.69) is 178 Å². The van der Waals surface area contributed by atoms with Crippen molar-refractivity contribution in [3.63, 3.8) is 0 Å². The van der Waals surface area contributed by atoms with Gasteiger partial charge in [0.1, 0.15) is 15.8 Å². The molecule has 29 heteroatoms. The number of benzene rings is 5. The van der Waals surface area contributed by atoms with Gasteiger partial charge >= 0.3 is 6.61 Å². The number of hydrogen-bond donors (Lipinski definition) is 10. The second-order valence-corrected chi connectivity index (χ2v) is 37.5. The molecule has 0 saturated carbocycles. The van der Waals surface area contributed by atoms with Crippen LogP contribution < -0.4 is 73.3 Å². The zero-order chi connectivity index (χ0) is 96.0. The smallest absolute Gasteiger partial charge is 0.387 e. The highest BCUT2D eigenvalue weighted by atomic mass is 35.5. The number of H-pyrrole nitrogens is 5. The van der Waals surface area contributed by atoms with Crippen LogP contribution in [-0.2, 0) is 41.2 Å². The number of carbonyl (C=O) groups excluding carboxylic acids is 5. The standard InChI is InChI=1S/C22H26F2N2O3.C22H28N2O3.C21H26N2O2.C20H23ClN2O3.C19H20ClFN2O3/c1-22(2,3)14-6-4-13(5-7-14)16(12-15-8-11-19(27)25-15)17-9-10-18(20(28)26-17)29-21(23)24;1-22(2,3)15-7-5-14(6-8-15)17(13-16-9-12-20(25)23-16)18-10-11-19(27-4)21(26)24-18;1-3-4-16-9-11-19(23-21(16)25)18(13-17-10-12-20(24)22-17)15-7-5-14(2)6-8-15;1-3-26-18-8-4-13(10-12(18)2)15(11-14-5-9-19(24)22-14)17-7-6-16(21)20(25)23-17;1-2-26-17-7-3-11(9-15(17)21)13(10-12-4-8-18(24)22-12)16-6-5-14(20)19(25)23-16/h4-7,9-10,15-16,21H,8,11-12H2,1-3H3,(H,25,27)(H,26,28);5-8,10-11,16-17H,9,12-13H2,1-4H3,(H,23,25)(H,24,26);5-9,11,17-18H,3-4,10,12-13H2,1-2H3,(H,22,24)(H,23,25);4,6-8,10,14-15H,3,5,9,11H2,1-2H3,(H,22,24)(H,23,25);3,5-7,9,12-13H,2,4,8,10H2,1H3,(H,22,24)(H,23,25)/t15-,16?;16-,17?;17-,18?;14-,15?;12-,13?/m11111/s1. The quantitative estimate of drug-likeness (QED) is 0.0208. The monoisotopic (exact) mass is 1860 g/mol. The highest BCUT2D eigenvalue weighted by Gasteiger charge is 2.34. The minimum absolute atomic E-state index is 0.000949. The molecule has 0 radical (unpaired) electrons. The zero-order valence-corrected chi connectivity index (χ0v) is 79.1. The van der Waals surface area contributed by atoms with Crippen LogP contribution in [0.15, 0.2) is 194 Å². The second kappa shape index (κ2) is 46.9. The summed E-state index contributed by atoms with van der Waals surface area (Å²) in [7, 11) is 1.49. The first kappa shape index (κ1) is 101. The number of pyridine rings is 5. The molecule has 133 heavy (non-hydrogen) atoms. The van der Waals surface area contributed by atoms with E-state index in [1.807, 2.05) is 62.4 Å². The van der Waals surface area contributed by atoms with Crippen LogP contribution in [0.25, 0.3) is 0 Å². The highest BCUT2D eigenvalue weighted by molar-refractivity contribution is 6.30. The molecule has 5 aromatic carbocycles. The van der Waals surface area contributed by atoms with Crippen molar-refractivity contribution in [2.45, 2.75) is 263 Å². The Bertz CT molecular complexity index is 5840. The molecule has 5 aliphatic heterocycles. The van der Waals surface area contributed by atoms with E-state index in [9.17, 15) is 61.1 Å². The number of amides is 5. The minimum atomic E-state index is -3.06. The zero-order valence-electron chi connectivity index (χ0n) is 77.6. The molecule has 24 nitrogen and oxygen atoms in total. The Balaban J connectivity index is 0.000000160. The van der Waals surface area contributed by atoms with Crippen molar-refractivity contribution in [2.24, 2.45) is 0 Å². The Labute approximate surface area is 783 Å². The molecule has 5 amide bonds. The van der Waals surface area contributed by atoms with Gasteiger partial charge in [-0.2, -0.15) is 8.78 Å². The molecule has 0 aliphatic carbocycles. The average Bonchev–Trinajstić information content (AvgIpc) is 1.81. The van der Waals surface area contributed by atoms with Crippen molar-refractivity contribution in [3.05, 3.63) is 322 Å². The number of nitrogens with one attached hydrogen (secondary N) is 10. The normalized spacial score (nSPS) is 18.0. The maximum absolute atomic E-state index is 14.3. The molecule has 15 rings (SSSR count). The lowest BCUT2D eigenvalue weighted by Gasteiger charge is -2.24. The van der Waals surface area contributed by atoms with Crippen molar-refractivity contribution in [2.75, 3.05) is 20.3 Å². The van der Waals surface area contributed by atoms with Gasteiger partial charge in [-0.05, 0) is 226 Å². The van der Waals surface area contributed by atoms with E-state index in [1.165, 1.54) is 47.6 Å². The molecule has 10 N–H and O–H groups in total. The van der Waals surface area contributed by atoms with Gasteiger partial charge in [-0.1, -0.05) is 181 Å². The number of aryl methyl sites for hydroxylation is 3. The minimum Gasteiger partial charge on any atom is -0.494 e. The maximum atomic E-state index is 14.3. The Hall–Kier alpha value is -12.2. The van der Waals surface area contributed by atoms with E-state index in [4.69, 9.17) is 37.4 Å². The number of hydrogen-bond acceptors (Lipinski definition) is 14. The average molecular weight is 1870 g/mol. The molecule has 5 unspecified atom stereocenters. The van der Waals surface area contributed by atoms with Crippen LogP contribution in [0.1, 0.15) is 279 Å². The SMILES string of the molecule is CC(C)(C)c1ccc(C(C[C@H]2CCC(=O)N2)c2ccc(OC(F)F)c(=O)[nH]2)cc1.CCCc1ccc(C(C[C@H]2CCC(=O)N2)c2ccc(C)cc2)[nH]c1=O.CCOc1ccc(C(C[C@H]2CCC(=O)N2)c2ccc(Cl)c(=O)[nH]2)cc1C.CCOc1ccc(C(C[C@H]2CCC(=O)N2)c2ccc(Cl)c(=O)[nH]2)cc1F.COc1ccc(C(C[C@H]2CCC(=O)N2)c2ccc(C(C)(C)C)cc2)[nH]c1=O. The second-order valence-electron chi connectivity index (χ2n) is 36.7. The summed E-state index contributed by atoms with van der Waals surface area (Å²) in [5, 5.41) is 15.3. The molecule has 5 aliphatic rings. The van der Waals surface area contributed by atoms with Crippen molar-refractivity contribution < 1.29 is 56.1 Å². The number of ether oxygens (including phenoxy) is 4. The fourth-order valence-corrected chi connectivity index (χ4v) is 17.8. The largest absolute Gasteiger partial charge is 0.494 e. The van der Waals surface area contributed by atoms with Crippen LogP contribution >= 0.6 is 23.2 Å². The summed E-state index contributed by atoms with van der Waals surface area (Å²) in [6.07, 6.45) is 11.8. The van der Waals surface area contributed by atoms with Gasteiger partial charge in [0.25, 0.3) is 27.8 Å². The summed E-state index contributed by atoms with van der Waals surface area (Å²) >= 11 is 11.7. The fraction of sp³-hybridized carbons (Fsp3) is 0.423. The van der Waals surface area contributed by atoms with Crippen molar-refractivity contribution in [1.29, 1.82) is 0 Å². The Morgan fingerprint density at radius 1 is 0.368 bits per heavy atom. The van der Waals surface area contributed by atoms with Gasteiger partial charge in [0.15, 0.2) is 23.1 Å². The van der Waals surface area contributed by atoms with Gasteiger partial charge in [-0.25, -0.2) is 4.39 Å². The van der Waals surface area contributed by atoms with E-state index < -0.39 is 29.3 Å². The van der Waals surface area contributed by atoms with Crippen molar-refractivity contribution >= 4 is 52.7 Å². The summed E-state index contributed by atoms with van der Waals surface area (Å²) in [5.41, 5.74) is 12.9. The number of rotatable bonds is 29. The van der Waals surface area contributed by atoms with Crippen LogP contribution in [0, 0.1) is 19.7 Å². The third kappa shape index (κ3) is 28.7. The molecule has 5 fully saturated rings. The number of aromatic nitrogens is 5. The topological polar surface area (TPSA) is 347 Å². The molecule has 10 heterocycles. The van der Waals surface area contributed by atoms with Crippen molar-refractivity contribution in [3.8, 4) is 23.0 Å². The predicted molar refractivity (Wildman–Crippen MR) is 512 cm³/mol. The van der Waals surface area contributed by atoms with Gasteiger partial charge in [0, 0.05) is 126 Å². The first-order chi connectivity index (χ1) is 63.4. The van der Waals surface area contributed by atoms with Gasteiger partial charge in [-0.3, -0.25) is 47.9 Å². The maximum Gasteiger partial charge on any atom is 0.387 e. The number of carbonyl (C=O) groups is 5. The van der Waals surface area contributed by atoms with Crippen LogP contribution in [-0.4, -0.2) is 112 Å². The molecule has 5 saturated heterocycles. The summed E-state index contributed by atoms with van der Waals surface area (Å²) in [5.74, 6) is 0.367. The lowest BCUT2D eigenvalue weighted by Crippen LogP contribution is -2.28. The lowest BCUT2D eigenvalue weighted by atomic mass is 9.83. The van der Waals surface area contributed by atoms with Crippen molar-refractivity contribution in [1.82, 2.24) is 51.5 Å². The third-order valence-electron chi connectivity index (χ3n) is 24.8. The molecule has 0 bridgehead atoms. The van der Waals surface area contributed by atoms with Crippen LogP contribution in [0.3, 0.4) is 0 Å². The molecule has 5 aromatic heterocycles. The molecule has 10 atom stereocenters. The van der Waals surface area contributed by atoms with E-state index in [1.54, 1.807) is 43.3 Å². The fourth-order valence-electron chi connectivity index (χ4n) is 17.6. The number of aromatic amines is 5. The Kier molecular flexibility index (Phi) is 35.7. The molecule has 0 spiro atoms. The summed E-state index contributed by atoms with van der Waals surface area (Å²) in [4.78, 5) is 133.